The number of piperidine rings is 1. The number of aromatic amines is 1. The van der Waals surface area contributed by atoms with Crippen molar-refractivity contribution < 1.29 is 14.3 Å². The highest BCUT2D eigenvalue weighted by Crippen LogP contribution is 2.33. The molecule has 28 heavy (non-hydrogen) atoms. The van der Waals surface area contributed by atoms with Gasteiger partial charge in [0.25, 0.3) is 0 Å². The Kier molecular flexibility index (Phi) is 5.27. The second-order valence-electron chi connectivity index (χ2n) is 8.86. The van der Waals surface area contributed by atoms with E-state index >= 15 is 0 Å². The molecule has 152 valence electrons. The lowest BCUT2D eigenvalue weighted by Gasteiger charge is -2.33. The smallest absolute Gasteiger partial charge is 0.410 e. The molecule has 7 nitrogen and oxygen atoms in total. The van der Waals surface area contributed by atoms with Gasteiger partial charge in [-0.05, 0) is 52.4 Å². The van der Waals surface area contributed by atoms with Gasteiger partial charge >= 0.3 is 6.09 Å². The summed E-state index contributed by atoms with van der Waals surface area (Å²) in [6, 6.07) is 0. The summed E-state index contributed by atoms with van der Waals surface area (Å²) in [6.07, 6.45) is 7.58. The number of hydrogen-bond donors (Lipinski definition) is 1. The zero-order valence-corrected chi connectivity index (χ0v) is 17.0. The van der Waals surface area contributed by atoms with Gasteiger partial charge in [0.05, 0.1) is 11.9 Å². The number of rotatable bonds is 2. The molecule has 2 aliphatic rings. The molecular weight excluding hydrogens is 356 g/mol. The Bertz CT molecular complexity index is 828. The first-order chi connectivity index (χ1) is 13.4. The van der Waals surface area contributed by atoms with Crippen LogP contribution in [-0.2, 0) is 9.47 Å². The molecule has 4 heterocycles. The third kappa shape index (κ3) is 4.14. The fourth-order valence-electron chi connectivity index (χ4n) is 4.12. The van der Waals surface area contributed by atoms with Gasteiger partial charge in [-0.2, -0.15) is 0 Å². The van der Waals surface area contributed by atoms with E-state index in [4.69, 9.17) is 14.5 Å². The van der Waals surface area contributed by atoms with E-state index in [2.05, 4.69) is 9.97 Å². The molecule has 2 fully saturated rings. The minimum Gasteiger partial charge on any atom is -0.444 e. The Morgan fingerprint density at radius 2 is 1.89 bits per heavy atom. The summed E-state index contributed by atoms with van der Waals surface area (Å²) in [5, 5.41) is 0. The number of ether oxygens (including phenoxy) is 2. The van der Waals surface area contributed by atoms with Gasteiger partial charge in [0, 0.05) is 44.0 Å². The van der Waals surface area contributed by atoms with Crippen LogP contribution in [-0.4, -0.2) is 57.8 Å². The van der Waals surface area contributed by atoms with E-state index in [1.165, 1.54) is 5.56 Å². The lowest BCUT2D eigenvalue weighted by atomic mass is 9.90. The minimum absolute atomic E-state index is 0.216. The van der Waals surface area contributed by atoms with Crippen LogP contribution in [0.15, 0.2) is 12.4 Å². The molecular formula is C21H30N4O3. The van der Waals surface area contributed by atoms with E-state index < -0.39 is 5.60 Å². The van der Waals surface area contributed by atoms with Gasteiger partial charge in [0.1, 0.15) is 11.1 Å². The van der Waals surface area contributed by atoms with Crippen molar-refractivity contribution in [2.45, 2.75) is 63.9 Å². The molecule has 2 aliphatic heterocycles. The quantitative estimate of drug-likeness (QED) is 0.845. The van der Waals surface area contributed by atoms with E-state index in [0.29, 0.717) is 24.9 Å². The van der Waals surface area contributed by atoms with E-state index in [1.807, 2.05) is 38.1 Å². The molecule has 0 bridgehead atoms. The number of aromatic nitrogens is 3. The van der Waals surface area contributed by atoms with Crippen molar-refractivity contribution in [3.8, 4) is 0 Å². The zero-order chi connectivity index (χ0) is 19.7. The van der Waals surface area contributed by atoms with Crippen molar-refractivity contribution in [3.05, 3.63) is 23.7 Å². The first-order valence-corrected chi connectivity index (χ1v) is 10.3. The number of carbonyl (C=O) groups excluding carboxylic acids is 1. The number of nitrogens with zero attached hydrogens (tertiary/aromatic N) is 3. The average Bonchev–Trinajstić information content (AvgIpc) is 3.10. The Morgan fingerprint density at radius 1 is 1.18 bits per heavy atom. The maximum absolute atomic E-state index is 12.3. The van der Waals surface area contributed by atoms with Crippen LogP contribution in [0.3, 0.4) is 0 Å². The SMILES string of the molecule is CC(C)(C)OC(=O)N1CCC(c2c[nH]c3ncc(C4CCOCC4)nc23)CC1. The lowest BCUT2D eigenvalue weighted by molar-refractivity contribution is 0.0205. The van der Waals surface area contributed by atoms with Crippen LogP contribution in [0.25, 0.3) is 11.2 Å². The van der Waals surface area contributed by atoms with Gasteiger partial charge in [-0.25, -0.2) is 14.8 Å². The zero-order valence-electron chi connectivity index (χ0n) is 17.0. The molecule has 0 aliphatic carbocycles. The molecule has 1 N–H and O–H groups in total. The summed E-state index contributed by atoms with van der Waals surface area (Å²) in [5.74, 6) is 0.814. The predicted molar refractivity (Wildman–Crippen MR) is 106 cm³/mol. The van der Waals surface area contributed by atoms with E-state index in [-0.39, 0.29) is 6.09 Å². The van der Waals surface area contributed by atoms with Crippen molar-refractivity contribution in [2.24, 2.45) is 0 Å². The number of fused-ring (bicyclic) bond motifs is 1. The average molecular weight is 386 g/mol. The van der Waals surface area contributed by atoms with Crippen LogP contribution >= 0.6 is 0 Å². The summed E-state index contributed by atoms with van der Waals surface area (Å²) >= 11 is 0. The molecule has 0 aromatic carbocycles. The van der Waals surface area contributed by atoms with Gasteiger partial charge in [-0.15, -0.1) is 0 Å². The maximum atomic E-state index is 12.3. The van der Waals surface area contributed by atoms with Crippen LogP contribution < -0.4 is 0 Å². The van der Waals surface area contributed by atoms with Crippen molar-refractivity contribution in [1.82, 2.24) is 19.9 Å². The van der Waals surface area contributed by atoms with Crippen LogP contribution in [0.2, 0.25) is 0 Å². The van der Waals surface area contributed by atoms with Crippen molar-refractivity contribution in [1.29, 1.82) is 0 Å². The van der Waals surface area contributed by atoms with Gasteiger partial charge in [-0.3, -0.25) is 0 Å². The molecule has 0 saturated carbocycles. The van der Waals surface area contributed by atoms with Crippen LogP contribution in [0.4, 0.5) is 4.79 Å². The molecule has 0 spiro atoms. The third-order valence-electron chi connectivity index (χ3n) is 5.66. The highest BCUT2D eigenvalue weighted by atomic mass is 16.6. The highest BCUT2D eigenvalue weighted by Gasteiger charge is 2.29. The third-order valence-corrected chi connectivity index (χ3v) is 5.66. The lowest BCUT2D eigenvalue weighted by Crippen LogP contribution is -2.41. The normalized spacial score (nSPS) is 19.9. The Hall–Kier alpha value is -2.15. The van der Waals surface area contributed by atoms with Gasteiger partial charge in [0.2, 0.25) is 0 Å². The van der Waals surface area contributed by atoms with Crippen LogP contribution in [0.1, 0.15) is 69.5 Å². The largest absolute Gasteiger partial charge is 0.444 e. The summed E-state index contributed by atoms with van der Waals surface area (Å²) < 4.78 is 11.0. The summed E-state index contributed by atoms with van der Waals surface area (Å²) in [6.45, 7) is 8.72. The van der Waals surface area contributed by atoms with E-state index in [9.17, 15) is 4.79 Å². The standard InChI is InChI=1S/C21H30N4O3/c1-21(2,3)28-20(26)25-8-4-14(5-9-25)16-12-22-19-18(16)24-17(13-23-19)15-6-10-27-11-7-15/h12-15H,4-11H2,1-3H3,(H,22,23). The second kappa shape index (κ2) is 7.70. The fourth-order valence-corrected chi connectivity index (χ4v) is 4.12. The molecule has 2 saturated heterocycles. The van der Waals surface area contributed by atoms with Gasteiger partial charge < -0.3 is 19.4 Å². The second-order valence-corrected chi connectivity index (χ2v) is 8.86. The number of hydrogen-bond acceptors (Lipinski definition) is 5. The molecule has 0 radical (unpaired) electrons. The number of carbonyl (C=O) groups is 1. The van der Waals surface area contributed by atoms with Crippen molar-refractivity contribution in [3.63, 3.8) is 0 Å². The van der Waals surface area contributed by atoms with Crippen molar-refractivity contribution in [2.75, 3.05) is 26.3 Å². The summed E-state index contributed by atoms with van der Waals surface area (Å²) in [7, 11) is 0. The summed E-state index contributed by atoms with van der Waals surface area (Å²) in [5.41, 5.74) is 3.67. The van der Waals surface area contributed by atoms with E-state index in [1.54, 1.807) is 0 Å². The molecule has 7 heteroatoms. The van der Waals surface area contributed by atoms with Crippen LogP contribution in [0, 0.1) is 0 Å². The van der Waals surface area contributed by atoms with Crippen LogP contribution in [0.5, 0.6) is 0 Å². The Labute approximate surface area is 165 Å². The number of nitrogens with one attached hydrogen (secondary N) is 1. The summed E-state index contributed by atoms with van der Waals surface area (Å²) in [4.78, 5) is 27.0. The molecule has 0 atom stereocenters. The maximum Gasteiger partial charge on any atom is 0.410 e. The monoisotopic (exact) mass is 386 g/mol. The number of likely N-dealkylation sites (tertiary alicyclic amines) is 1. The Morgan fingerprint density at radius 3 is 2.57 bits per heavy atom. The molecule has 2 aromatic heterocycles. The molecule has 2 aromatic rings. The van der Waals surface area contributed by atoms with Gasteiger partial charge in [0.15, 0.2) is 5.65 Å². The topological polar surface area (TPSA) is 80.3 Å². The predicted octanol–water partition coefficient (Wildman–Crippen LogP) is 3.97. The minimum atomic E-state index is -0.457. The number of H-pyrrole nitrogens is 1. The number of amides is 1. The van der Waals surface area contributed by atoms with Gasteiger partial charge in [-0.1, -0.05) is 0 Å². The molecule has 1 amide bonds. The molecule has 4 rings (SSSR count). The van der Waals surface area contributed by atoms with E-state index in [0.717, 1.165) is 55.8 Å². The highest BCUT2D eigenvalue weighted by molar-refractivity contribution is 5.76. The van der Waals surface area contributed by atoms with Crippen molar-refractivity contribution >= 4 is 17.3 Å². The first kappa shape index (κ1) is 19.2. The fraction of sp³-hybridized carbons (Fsp3) is 0.667. The molecule has 0 unspecified atom stereocenters. The Balaban J connectivity index is 1.47. The first-order valence-electron chi connectivity index (χ1n) is 10.3.